The molecule has 1 aromatic rings. The van der Waals surface area contributed by atoms with Crippen molar-refractivity contribution < 1.29 is 13.5 Å². The molecule has 0 saturated heterocycles. The lowest BCUT2D eigenvalue weighted by Gasteiger charge is -2.03. The molecular weight excluding hydrogens is 250 g/mol. The summed E-state index contributed by atoms with van der Waals surface area (Å²) in [5, 5.41) is 17.8. The van der Waals surface area contributed by atoms with Gasteiger partial charge in [0.15, 0.2) is 9.84 Å². The van der Waals surface area contributed by atoms with Gasteiger partial charge >= 0.3 is 0 Å². The number of aryl methyl sites for hydroxylation is 1. The molecule has 2 rings (SSSR count). The maximum Gasteiger partial charge on any atom is 0.152 e. The minimum absolute atomic E-state index is 0.428. The Morgan fingerprint density at radius 2 is 1.94 bits per heavy atom. The number of hydrogen-bond acceptors (Lipinski definition) is 4. The second-order valence-electron chi connectivity index (χ2n) is 4.95. The number of benzene rings is 1. The molecular formula is C13H15NO3S. The zero-order valence-electron chi connectivity index (χ0n) is 10.3. The molecule has 1 N–H and O–H groups in total. The van der Waals surface area contributed by atoms with Crippen LogP contribution in [0.4, 0.5) is 0 Å². The predicted octanol–water partition coefficient (Wildman–Crippen LogP) is 1.01. The number of nitrogens with zero attached hydrogens (tertiary/aromatic N) is 1. The van der Waals surface area contributed by atoms with Crippen molar-refractivity contribution in [3.05, 3.63) is 35.4 Å². The zero-order valence-corrected chi connectivity index (χ0v) is 11.1. The van der Waals surface area contributed by atoms with Crippen LogP contribution < -0.4 is 0 Å². The summed E-state index contributed by atoms with van der Waals surface area (Å²) >= 11 is 0. The van der Waals surface area contributed by atoms with Gasteiger partial charge in [-0.1, -0.05) is 29.8 Å². The number of rotatable bonds is 3. The van der Waals surface area contributed by atoms with E-state index in [9.17, 15) is 18.8 Å². The summed E-state index contributed by atoms with van der Waals surface area (Å²) in [5.41, 5.74) is 0.691. The molecule has 0 aliphatic heterocycles. The second-order valence-corrected chi connectivity index (χ2v) is 7.12. The Labute approximate surface area is 107 Å². The van der Waals surface area contributed by atoms with Crippen LogP contribution in [0.1, 0.15) is 17.0 Å². The Balaban J connectivity index is 2.46. The molecule has 0 aromatic heterocycles. The van der Waals surface area contributed by atoms with Crippen LogP contribution in [-0.2, 0) is 9.84 Å². The third-order valence-electron chi connectivity index (χ3n) is 3.62. The molecule has 0 radical (unpaired) electrons. The van der Waals surface area contributed by atoms with Crippen LogP contribution in [0.3, 0.4) is 0 Å². The summed E-state index contributed by atoms with van der Waals surface area (Å²) in [7, 11) is -3.35. The molecule has 0 bridgehead atoms. The van der Waals surface area contributed by atoms with Crippen LogP contribution in [0.5, 0.6) is 0 Å². The molecule has 1 aliphatic carbocycles. The minimum Gasteiger partial charge on any atom is -0.395 e. The van der Waals surface area contributed by atoms with E-state index >= 15 is 0 Å². The monoisotopic (exact) mass is 265 g/mol. The standard InChI is InChI=1S/C13H15NO3S/c1-9-3-5-10(6-4-9)11-12(18(2,16)17)13(11,7-14)8-15/h3-6,11-12,15H,8H2,1-2H3/t11-,12-,13-/m0/s1. The van der Waals surface area contributed by atoms with E-state index in [1.165, 1.54) is 0 Å². The Morgan fingerprint density at radius 1 is 1.39 bits per heavy atom. The number of aliphatic hydroxyl groups excluding tert-OH is 1. The Morgan fingerprint density at radius 3 is 2.28 bits per heavy atom. The fraction of sp³-hybridized carbons (Fsp3) is 0.462. The number of aliphatic hydroxyl groups is 1. The van der Waals surface area contributed by atoms with Crippen LogP contribution in [0.15, 0.2) is 24.3 Å². The van der Waals surface area contributed by atoms with Gasteiger partial charge in [0.25, 0.3) is 0 Å². The topological polar surface area (TPSA) is 78.2 Å². The molecule has 1 fully saturated rings. The summed E-state index contributed by atoms with van der Waals surface area (Å²) in [4.78, 5) is 0. The van der Waals surface area contributed by atoms with Crippen molar-refractivity contribution in [2.75, 3.05) is 12.9 Å². The minimum atomic E-state index is -3.35. The average molecular weight is 265 g/mol. The SMILES string of the molecule is Cc1ccc([C@H]2[C@H](S(C)(=O)=O)[C@@]2(C#N)CO)cc1. The lowest BCUT2D eigenvalue weighted by molar-refractivity contribution is 0.242. The maximum atomic E-state index is 11.7. The number of hydrogen-bond donors (Lipinski definition) is 1. The number of sulfone groups is 1. The molecule has 5 heteroatoms. The van der Waals surface area contributed by atoms with E-state index in [4.69, 9.17) is 0 Å². The van der Waals surface area contributed by atoms with E-state index in [1.807, 2.05) is 37.3 Å². The molecule has 3 atom stereocenters. The first-order valence-corrected chi connectivity index (χ1v) is 7.60. The van der Waals surface area contributed by atoms with Gasteiger partial charge in [0.1, 0.15) is 5.41 Å². The molecule has 1 saturated carbocycles. The Bertz CT molecular complexity index is 600. The lowest BCUT2D eigenvalue weighted by Crippen LogP contribution is -2.16. The highest BCUT2D eigenvalue weighted by molar-refractivity contribution is 7.91. The van der Waals surface area contributed by atoms with Crippen LogP contribution in [0.25, 0.3) is 0 Å². The molecule has 0 unspecified atom stereocenters. The van der Waals surface area contributed by atoms with Crippen molar-refractivity contribution in [3.8, 4) is 6.07 Å². The number of nitriles is 1. The van der Waals surface area contributed by atoms with E-state index < -0.39 is 33.0 Å². The van der Waals surface area contributed by atoms with Gasteiger partial charge in [0, 0.05) is 12.2 Å². The van der Waals surface area contributed by atoms with Gasteiger partial charge in [-0.05, 0) is 12.5 Å². The van der Waals surface area contributed by atoms with Gasteiger partial charge in [0.05, 0.1) is 17.9 Å². The van der Waals surface area contributed by atoms with Gasteiger partial charge in [-0.2, -0.15) is 5.26 Å². The Hall–Kier alpha value is -1.38. The van der Waals surface area contributed by atoms with Crippen molar-refractivity contribution in [2.45, 2.75) is 18.1 Å². The van der Waals surface area contributed by atoms with E-state index in [2.05, 4.69) is 0 Å². The summed E-state index contributed by atoms with van der Waals surface area (Å²) in [6.45, 7) is 1.51. The smallest absolute Gasteiger partial charge is 0.152 e. The fourth-order valence-corrected chi connectivity index (χ4v) is 4.49. The molecule has 0 spiro atoms. The average Bonchev–Trinajstić information content (AvgIpc) is 3.00. The lowest BCUT2D eigenvalue weighted by atomic mass is 10.0. The third kappa shape index (κ3) is 1.82. The van der Waals surface area contributed by atoms with Crippen LogP contribution >= 0.6 is 0 Å². The molecule has 18 heavy (non-hydrogen) atoms. The fourth-order valence-electron chi connectivity index (χ4n) is 2.64. The van der Waals surface area contributed by atoms with Crippen molar-refractivity contribution in [1.29, 1.82) is 5.26 Å². The van der Waals surface area contributed by atoms with Gasteiger partial charge in [-0.25, -0.2) is 8.42 Å². The van der Waals surface area contributed by atoms with Gasteiger partial charge in [-0.15, -0.1) is 0 Å². The van der Waals surface area contributed by atoms with E-state index in [0.29, 0.717) is 0 Å². The zero-order chi connectivity index (χ0) is 13.6. The molecule has 4 nitrogen and oxygen atoms in total. The quantitative estimate of drug-likeness (QED) is 0.884. The second kappa shape index (κ2) is 4.08. The van der Waals surface area contributed by atoms with Crippen LogP contribution in [-0.4, -0.2) is 31.6 Å². The summed E-state index contributed by atoms with van der Waals surface area (Å²) in [5.74, 6) is -0.428. The van der Waals surface area contributed by atoms with E-state index in [-0.39, 0.29) is 0 Å². The highest BCUT2D eigenvalue weighted by Gasteiger charge is 2.70. The Kier molecular flexibility index (Phi) is 2.96. The maximum absolute atomic E-state index is 11.7. The largest absolute Gasteiger partial charge is 0.395 e. The van der Waals surface area contributed by atoms with Crippen molar-refractivity contribution in [2.24, 2.45) is 5.41 Å². The molecule has 1 aromatic carbocycles. The first-order valence-electron chi connectivity index (χ1n) is 5.64. The highest BCUT2D eigenvalue weighted by Crippen LogP contribution is 2.62. The summed E-state index contributed by atoms with van der Waals surface area (Å²) in [6, 6.07) is 9.41. The van der Waals surface area contributed by atoms with Crippen LogP contribution in [0, 0.1) is 23.7 Å². The first kappa shape index (κ1) is 13.1. The summed E-state index contributed by atoms with van der Waals surface area (Å²) in [6.07, 6.45) is 1.12. The third-order valence-corrected chi connectivity index (χ3v) is 5.24. The first-order chi connectivity index (χ1) is 8.36. The highest BCUT2D eigenvalue weighted by atomic mass is 32.2. The predicted molar refractivity (Wildman–Crippen MR) is 67.7 cm³/mol. The summed E-state index contributed by atoms with van der Waals surface area (Å²) < 4.78 is 23.4. The van der Waals surface area contributed by atoms with E-state index in [0.717, 1.165) is 17.4 Å². The molecule has 0 amide bonds. The van der Waals surface area contributed by atoms with E-state index in [1.54, 1.807) is 0 Å². The molecule has 96 valence electrons. The van der Waals surface area contributed by atoms with Gasteiger partial charge in [0.2, 0.25) is 0 Å². The van der Waals surface area contributed by atoms with Gasteiger partial charge < -0.3 is 5.11 Å². The van der Waals surface area contributed by atoms with Crippen molar-refractivity contribution >= 4 is 9.84 Å². The van der Waals surface area contributed by atoms with Gasteiger partial charge in [-0.3, -0.25) is 0 Å². The van der Waals surface area contributed by atoms with Crippen molar-refractivity contribution in [3.63, 3.8) is 0 Å². The molecule has 0 heterocycles. The van der Waals surface area contributed by atoms with Crippen LogP contribution in [0.2, 0.25) is 0 Å². The van der Waals surface area contributed by atoms with Crippen molar-refractivity contribution in [1.82, 2.24) is 0 Å². The normalized spacial score (nSPS) is 30.8. The molecule has 1 aliphatic rings.